The van der Waals surface area contributed by atoms with Crippen molar-refractivity contribution in [3.8, 4) is 6.07 Å². The maximum absolute atomic E-state index is 12.2. The van der Waals surface area contributed by atoms with Crippen molar-refractivity contribution in [3.05, 3.63) is 69.8 Å². The molecule has 0 aliphatic rings. The molecule has 0 unspecified atom stereocenters. The van der Waals surface area contributed by atoms with Gasteiger partial charge in [0, 0.05) is 11.9 Å². The largest absolute Gasteiger partial charge is 0.481 e. The van der Waals surface area contributed by atoms with E-state index in [1.807, 2.05) is 0 Å². The predicted molar refractivity (Wildman–Crippen MR) is 100 cm³/mol. The zero-order chi connectivity index (χ0) is 19.1. The fourth-order valence-electron chi connectivity index (χ4n) is 1.99. The number of nitrogens with zero attached hydrogens (tertiary/aromatic N) is 1. The smallest absolute Gasteiger partial charge is 0.307 e. The van der Waals surface area contributed by atoms with Crippen LogP contribution in [-0.4, -0.2) is 17.0 Å². The highest BCUT2D eigenvalue weighted by Crippen LogP contribution is 2.29. The van der Waals surface area contributed by atoms with Gasteiger partial charge in [-0.05, 0) is 29.8 Å². The van der Waals surface area contributed by atoms with E-state index < -0.39 is 11.9 Å². The third kappa shape index (κ3) is 5.24. The van der Waals surface area contributed by atoms with E-state index in [-0.39, 0.29) is 22.0 Å². The first-order chi connectivity index (χ1) is 12.4. The lowest BCUT2D eigenvalue weighted by Crippen LogP contribution is -2.15. The topological polar surface area (TPSA) is 102 Å². The molecule has 0 aliphatic carbocycles. The van der Waals surface area contributed by atoms with Gasteiger partial charge in [0.25, 0.3) is 5.91 Å². The fraction of sp³-hybridized carbons (Fsp3) is 0.0556. The van der Waals surface area contributed by atoms with Crippen LogP contribution in [0.1, 0.15) is 5.56 Å². The Balaban J connectivity index is 2.07. The van der Waals surface area contributed by atoms with Crippen LogP contribution in [0.4, 0.5) is 11.4 Å². The molecule has 0 radical (unpaired) electrons. The summed E-state index contributed by atoms with van der Waals surface area (Å²) < 4.78 is 0. The quantitative estimate of drug-likeness (QED) is 0.510. The van der Waals surface area contributed by atoms with Gasteiger partial charge in [-0.15, -0.1) is 0 Å². The molecule has 132 valence electrons. The van der Waals surface area contributed by atoms with Crippen molar-refractivity contribution in [1.29, 1.82) is 5.26 Å². The zero-order valence-electron chi connectivity index (χ0n) is 13.3. The van der Waals surface area contributed by atoms with Gasteiger partial charge >= 0.3 is 5.97 Å². The van der Waals surface area contributed by atoms with E-state index in [4.69, 9.17) is 28.3 Å². The van der Waals surface area contributed by atoms with Crippen molar-refractivity contribution in [2.45, 2.75) is 6.42 Å². The second-order valence-electron chi connectivity index (χ2n) is 5.14. The number of aliphatic carboxylic acids is 1. The van der Waals surface area contributed by atoms with Gasteiger partial charge in [0.2, 0.25) is 0 Å². The van der Waals surface area contributed by atoms with Gasteiger partial charge in [-0.3, -0.25) is 9.59 Å². The number of carboxylic acids is 1. The van der Waals surface area contributed by atoms with Gasteiger partial charge in [-0.1, -0.05) is 41.4 Å². The number of amides is 1. The van der Waals surface area contributed by atoms with Crippen LogP contribution in [0.2, 0.25) is 10.0 Å². The number of anilines is 2. The molecule has 26 heavy (non-hydrogen) atoms. The summed E-state index contributed by atoms with van der Waals surface area (Å²) in [7, 11) is 0. The van der Waals surface area contributed by atoms with E-state index in [1.165, 1.54) is 6.20 Å². The Labute approximate surface area is 159 Å². The Morgan fingerprint density at radius 3 is 2.46 bits per heavy atom. The van der Waals surface area contributed by atoms with E-state index in [0.29, 0.717) is 16.9 Å². The van der Waals surface area contributed by atoms with Gasteiger partial charge in [-0.25, -0.2) is 0 Å². The lowest BCUT2D eigenvalue weighted by atomic mass is 10.1. The predicted octanol–water partition coefficient (Wildman–Crippen LogP) is 4.08. The van der Waals surface area contributed by atoms with E-state index >= 15 is 0 Å². The van der Waals surface area contributed by atoms with Crippen LogP contribution < -0.4 is 10.6 Å². The molecule has 0 bridgehead atoms. The number of carbonyl (C=O) groups is 2. The first-order valence-corrected chi connectivity index (χ1v) is 8.09. The SMILES string of the molecule is N#C/C(=C/Nc1ccc(CC(=O)O)cc1)C(=O)Nc1cccc(Cl)c1Cl. The number of carboxylic acid groups (broad SMARTS) is 1. The molecular weight excluding hydrogens is 377 g/mol. The Kier molecular flexibility index (Phi) is 6.61. The Bertz CT molecular complexity index is 903. The van der Waals surface area contributed by atoms with E-state index in [2.05, 4.69) is 10.6 Å². The van der Waals surface area contributed by atoms with Crippen molar-refractivity contribution in [2.75, 3.05) is 10.6 Å². The van der Waals surface area contributed by atoms with Crippen molar-refractivity contribution in [2.24, 2.45) is 0 Å². The molecule has 0 aromatic heterocycles. The van der Waals surface area contributed by atoms with E-state index in [0.717, 1.165) is 0 Å². The second-order valence-corrected chi connectivity index (χ2v) is 5.92. The van der Waals surface area contributed by atoms with Crippen LogP contribution in [0.25, 0.3) is 0 Å². The van der Waals surface area contributed by atoms with E-state index in [1.54, 1.807) is 48.5 Å². The normalized spacial score (nSPS) is 10.7. The molecule has 0 atom stereocenters. The summed E-state index contributed by atoms with van der Waals surface area (Å²) in [6.07, 6.45) is 1.17. The van der Waals surface area contributed by atoms with E-state index in [9.17, 15) is 14.9 Å². The third-order valence-corrected chi connectivity index (χ3v) is 4.08. The molecule has 0 spiro atoms. The van der Waals surface area contributed by atoms with Crippen LogP contribution in [0.3, 0.4) is 0 Å². The molecule has 0 fully saturated rings. The van der Waals surface area contributed by atoms with Gasteiger partial charge in [0.1, 0.15) is 11.6 Å². The average Bonchev–Trinajstić information content (AvgIpc) is 2.60. The van der Waals surface area contributed by atoms with Gasteiger partial charge in [0.05, 0.1) is 22.2 Å². The van der Waals surface area contributed by atoms with Crippen LogP contribution in [-0.2, 0) is 16.0 Å². The maximum atomic E-state index is 12.2. The van der Waals surface area contributed by atoms with Crippen LogP contribution in [0.15, 0.2) is 54.2 Å². The molecule has 2 aromatic rings. The molecule has 3 N–H and O–H groups in total. The minimum Gasteiger partial charge on any atom is -0.481 e. The number of carbonyl (C=O) groups excluding carboxylic acids is 1. The minimum atomic E-state index is -0.922. The van der Waals surface area contributed by atoms with Crippen molar-refractivity contribution in [3.63, 3.8) is 0 Å². The monoisotopic (exact) mass is 389 g/mol. The molecule has 0 aliphatic heterocycles. The van der Waals surface area contributed by atoms with Gasteiger partial charge in [-0.2, -0.15) is 5.26 Å². The first kappa shape index (κ1) is 19.3. The summed E-state index contributed by atoms with van der Waals surface area (Å²) in [5, 5.41) is 23.7. The molecule has 2 rings (SSSR count). The van der Waals surface area contributed by atoms with Crippen molar-refractivity contribution >= 4 is 46.5 Å². The molecule has 0 heterocycles. The summed E-state index contributed by atoms with van der Waals surface area (Å²) in [5.74, 6) is -1.57. The number of halogens is 2. The number of hydrogen-bond acceptors (Lipinski definition) is 4. The zero-order valence-corrected chi connectivity index (χ0v) is 14.8. The average molecular weight is 390 g/mol. The lowest BCUT2D eigenvalue weighted by Gasteiger charge is -2.08. The highest BCUT2D eigenvalue weighted by atomic mass is 35.5. The standard InChI is InChI=1S/C18H13Cl2N3O3/c19-14-2-1-3-15(17(14)20)23-18(26)12(9-21)10-22-13-6-4-11(5-7-13)8-16(24)25/h1-7,10,22H,8H2,(H,23,26)(H,24,25)/b12-10-. The third-order valence-electron chi connectivity index (χ3n) is 3.26. The number of rotatable bonds is 6. The second kappa shape index (κ2) is 8.90. The maximum Gasteiger partial charge on any atom is 0.307 e. The van der Waals surface area contributed by atoms with Gasteiger partial charge in [0.15, 0.2) is 0 Å². The van der Waals surface area contributed by atoms with Gasteiger partial charge < -0.3 is 15.7 Å². The summed E-state index contributed by atoms with van der Waals surface area (Å²) in [6.45, 7) is 0. The Morgan fingerprint density at radius 2 is 1.85 bits per heavy atom. The summed E-state index contributed by atoms with van der Waals surface area (Å²) in [6, 6.07) is 13.1. The molecule has 0 saturated heterocycles. The lowest BCUT2D eigenvalue weighted by molar-refractivity contribution is -0.136. The minimum absolute atomic E-state index is 0.0810. The molecule has 8 heteroatoms. The fourth-order valence-corrected chi connectivity index (χ4v) is 2.34. The highest BCUT2D eigenvalue weighted by molar-refractivity contribution is 6.44. The highest BCUT2D eigenvalue weighted by Gasteiger charge is 2.12. The number of benzene rings is 2. The summed E-state index contributed by atoms with van der Waals surface area (Å²) in [5.41, 5.74) is 1.36. The molecule has 6 nitrogen and oxygen atoms in total. The Morgan fingerprint density at radius 1 is 1.15 bits per heavy atom. The van der Waals surface area contributed by atoms with Crippen LogP contribution in [0, 0.1) is 11.3 Å². The van der Waals surface area contributed by atoms with Crippen LogP contribution >= 0.6 is 23.2 Å². The molecule has 1 amide bonds. The molecule has 0 saturated carbocycles. The molecular formula is C18H13Cl2N3O3. The van der Waals surface area contributed by atoms with Crippen molar-refractivity contribution < 1.29 is 14.7 Å². The summed E-state index contributed by atoms with van der Waals surface area (Å²) in [4.78, 5) is 22.8. The first-order valence-electron chi connectivity index (χ1n) is 7.33. The number of nitriles is 1. The molecule has 2 aromatic carbocycles. The van der Waals surface area contributed by atoms with Crippen molar-refractivity contribution in [1.82, 2.24) is 0 Å². The Hall–Kier alpha value is -3.01. The number of nitrogens with one attached hydrogen (secondary N) is 2. The number of hydrogen-bond donors (Lipinski definition) is 3. The van der Waals surface area contributed by atoms with Crippen LogP contribution in [0.5, 0.6) is 0 Å². The summed E-state index contributed by atoms with van der Waals surface area (Å²) >= 11 is 11.9.